The van der Waals surface area contributed by atoms with E-state index in [2.05, 4.69) is 28.6 Å². The predicted octanol–water partition coefficient (Wildman–Crippen LogP) is 2.58. The molecule has 1 rings (SSSR count). The van der Waals surface area contributed by atoms with Gasteiger partial charge in [0, 0.05) is 11.0 Å². The van der Waals surface area contributed by atoms with Crippen LogP contribution in [0.15, 0.2) is 21.5 Å². The number of benzene rings is 1. The van der Waals surface area contributed by atoms with E-state index in [1.807, 2.05) is 0 Å². The van der Waals surface area contributed by atoms with Crippen molar-refractivity contribution in [3.05, 3.63) is 22.4 Å². The van der Waals surface area contributed by atoms with Crippen LogP contribution < -0.4 is 0 Å². The Labute approximate surface area is 71.4 Å². The van der Waals surface area contributed by atoms with Crippen molar-refractivity contribution in [2.75, 3.05) is 0 Å². The summed E-state index contributed by atoms with van der Waals surface area (Å²) in [7, 11) is 0. The molecule has 1 aromatic rings. The molecule has 0 aliphatic heterocycles. The smallest absolute Gasteiger partial charge is 0.133 e. The molecule has 4 heteroatoms. The molecule has 0 saturated heterocycles. The summed E-state index contributed by atoms with van der Waals surface area (Å²) in [5, 5.41) is 8.95. The first-order valence-electron chi connectivity index (χ1n) is 2.48. The number of halogens is 2. The third kappa shape index (κ3) is 1.44. The molecule has 0 bridgehead atoms. The first-order valence-corrected chi connectivity index (χ1v) is 3.72. The van der Waals surface area contributed by atoms with Gasteiger partial charge >= 0.3 is 0 Å². The molecule has 0 aliphatic carbocycles. The van der Waals surface area contributed by atoms with E-state index in [0.29, 0.717) is 9.37 Å². The van der Waals surface area contributed by atoms with Crippen LogP contribution in [-0.4, -0.2) is 5.11 Å². The minimum Gasteiger partial charge on any atom is -0.507 e. The second-order valence-electron chi connectivity index (χ2n) is 1.76. The lowest BCUT2D eigenvalue weighted by molar-refractivity contribution is 0.463. The fourth-order valence-electron chi connectivity index (χ4n) is 0.561. The maximum atomic E-state index is 12.4. The van der Waals surface area contributed by atoms with Crippen molar-refractivity contribution in [1.29, 1.82) is 0 Å². The Morgan fingerprint density at radius 1 is 1.50 bits per heavy atom. The lowest BCUT2D eigenvalue weighted by Crippen LogP contribution is -1.76. The molecule has 1 nitrogen and oxygen atoms in total. The van der Waals surface area contributed by atoms with Crippen molar-refractivity contribution in [3.8, 4) is 5.75 Å². The average Bonchev–Trinajstić information content (AvgIpc) is 1.82. The van der Waals surface area contributed by atoms with Crippen LogP contribution in [0.5, 0.6) is 5.75 Å². The van der Waals surface area contributed by atoms with Gasteiger partial charge in [-0.15, -0.1) is 12.6 Å². The van der Waals surface area contributed by atoms with Gasteiger partial charge in [0.25, 0.3) is 0 Å². The molecule has 10 heavy (non-hydrogen) atoms. The number of phenols is 1. The lowest BCUT2D eigenvalue weighted by Gasteiger charge is -1.98. The minimum atomic E-state index is -0.495. The van der Waals surface area contributed by atoms with Gasteiger partial charge in [-0.3, -0.25) is 0 Å². The van der Waals surface area contributed by atoms with Crippen molar-refractivity contribution >= 4 is 28.6 Å². The Bertz CT molecular complexity index is 241. The number of phenolic OH excluding ortho intramolecular Hbond substituents is 1. The SMILES string of the molecule is Oc1cc(F)cc(S)c1Br. The summed E-state index contributed by atoms with van der Waals surface area (Å²) in [6.07, 6.45) is 0. The molecule has 0 fully saturated rings. The zero-order valence-electron chi connectivity index (χ0n) is 4.81. The van der Waals surface area contributed by atoms with E-state index in [-0.39, 0.29) is 5.75 Å². The lowest BCUT2D eigenvalue weighted by atomic mass is 10.3. The average molecular weight is 223 g/mol. The standard InChI is InChI=1S/C6H4BrFOS/c7-6-4(9)1-3(8)2-5(6)10/h1-2,9-10H. The molecule has 0 saturated carbocycles. The Morgan fingerprint density at radius 2 is 2.10 bits per heavy atom. The topological polar surface area (TPSA) is 20.2 Å². The van der Waals surface area contributed by atoms with E-state index in [9.17, 15) is 4.39 Å². The highest BCUT2D eigenvalue weighted by Crippen LogP contribution is 2.30. The van der Waals surface area contributed by atoms with Crippen LogP contribution in [0, 0.1) is 5.82 Å². The van der Waals surface area contributed by atoms with Crippen LogP contribution in [0.4, 0.5) is 4.39 Å². The van der Waals surface area contributed by atoms with Crippen molar-refractivity contribution in [1.82, 2.24) is 0 Å². The van der Waals surface area contributed by atoms with Crippen LogP contribution in [0.1, 0.15) is 0 Å². The summed E-state index contributed by atoms with van der Waals surface area (Å²) >= 11 is 6.91. The van der Waals surface area contributed by atoms with E-state index in [4.69, 9.17) is 5.11 Å². The highest BCUT2D eigenvalue weighted by molar-refractivity contribution is 9.10. The van der Waals surface area contributed by atoms with Gasteiger partial charge in [0.1, 0.15) is 11.6 Å². The van der Waals surface area contributed by atoms with Gasteiger partial charge in [-0.25, -0.2) is 4.39 Å². The quantitative estimate of drug-likeness (QED) is 0.647. The molecule has 0 aromatic heterocycles. The van der Waals surface area contributed by atoms with Crippen molar-refractivity contribution in [2.45, 2.75) is 4.90 Å². The fraction of sp³-hybridized carbons (Fsp3) is 0. The molecular weight excluding hydrogens is 219 g/mol. The number of hydrogen-bond donors (Lipinski definition) is 2. The van der Waals surface area contributed by atoms with E-state index >= 15 is 0 Å². The molecule has 1 aromatic carbocycles. The van der Waals surface area contributed by atoms with E-state index in [1.54, 1.807) is 0 Å². The van der Waals surface area contributed by atoms with Crippen LogP contribution in [-0.2, 0) is 0 Å². The molecule has 54 valence electrons. The second kappa shape index (κ2) is 2.80. The fourth-order valence-corrected chi connectivity index (χ4v) is 1.03. The van der Waals surface area contributed by atoms with E-state index in [0.717, 1.165) is 6.07 Å². The first-order chi connectivity index (χ1) is 4.61. The van der Waals surface area contributed by atoms with Gasteiger partial charge in [0.15, 0.2) is 0 Å². The van der Waals surface area contributed by atoms with Crippen molar-refractivity contribution in [3.63, 3.8) is 0 Å². The van der Waals surface area contributed by atoms with E-state index < -0.39 is 5.82 Å². The zero-order valence-corrected chi connectivity index (χ0v) is 7.29. The molecule has 0 spiro atoms. The summed E-state index contributed by atoms with van der Waals surface area (Å²) in [5.74, 6) is -0.629. The van der Waals surface area contributed by atoms with Gasteiger partial charge in [-0.2, -0.15) is 0 Å². The summed E-state index contributed by atoms with van der Waals surface area (Å²) in [4.78, 5) is 0.387. The number of rotatable bonds is 0. The first kappa shape index (κ1) is 7.88. The summed E-state index contributed by atoms with van der Waals surface area (Å²) in [6, 6.07) is 2.23. The second-order valence-corrected chi connectivity index (χ2v) is 3.03. The Kier molecular flexibility index (Phi) is 2.21. The molecule has 0 amide bonds. The summed E-state index contributed by atoms with van der Waals surface area (Å²) < 4.78 is 12.8. The molecule has 0 aliphatic rings. The third-order valence-electron chi connectivity index (χ3n) is 0.999. The molecular formula is C6H4BrFOS. The van der Waals surface area contributed by atoms with Gasteiger partial charge in [-0.1, -0.05) is 0 Å². The van der Waals surface area contributed by atoms with Crippen LogP contribution in [0.25, 0.3) is 0 Å². The number of thiol groups is 1. The van der Waals surface area contributed by atoms with Crippen molar-refractivity contribution in [2.24, 2.45) is 0 Å². The summed E-state index contributed by atoms with van der Waals surface area (Å²) in [5.41, 5.74) is 0. The van der Waals surface area contributed by atoms with Crippen LogP contribution in [0.3, 0.4) is 0 Å². The maximum Gasteiger partial charge on any atom is 0.133 e. The van der Waals surface area contributed by atoms with Crippen LogP contribution >= 0.6 is 28.6 Å². The van der Waals surface area contributed by atoms with Crippen molar-refractivity contribution < 1.29 is 9.50 Å². The number of aromatic hydroxyl groups is 1. The minimum absolute atomic E-state index is 0.134. The molecule has 0 unspecified atom stereocenters. The van der Waals surface area contributed by atoms with Crippen LogP contribution in [0.2, 0.25) is 0 Å². The highest BCUT2D eigenvalue weighted by atomic mass is 79.9. The molecule has 1 N–H and O–H groups in total. The Hall–Kier alpha value is -0.220. The predicted molar refractivity (Wildman–Crippen MR) is 43.0 cm³/mol. The molecule has 0 heterocycles. The maximum absolute atomic E-state index is 12.4. The Balaban J connectivity index is 3.31. The molecule has 0 atom stereocenters. The highest BCUT2D eigenvalue weighted by Gasteiger charge is 2.03. The third-order valence-corrected chi connectivity index (χ3v) is 2.49. The van der Waals surface area contributed by atoms with Gasteiger partial charge in [-0.05, 0) is 22.0 Å². The Morgan fingerprint density at radius 3 is 2.60 bits per heavy atom. The van der Waals surface area contributed by atoms with Gasteiger partial charge in [0.2, 0.25) is 0 Å². The van der Waals surface area contributed by atoms with Gasteiger partial charge < -0.3 is 5.11 Å². The zero-order chi connectivity index (χ0) is 7.72. The summed E-state index contributed by atoms with van der Waals surface area (Å²) in [6.45, 7) is 0. The molecule has 0 radical (unpaired) electrons. The largest absolute Gasteiger partial charge is 0.507 e. The van der Waals surface area contributed by atoms with E-state index in [1.165, 1.54) is 6.07 Å². The normalized spacial score (nSPS) is 9.90. The number of hydrogen-bond acceptors (Lipinski definition) is 2. The van der Waals surface area contributed by atoms with Gasteiger partial charge in [0.05, 0.1) is 4.47 Å². The monoisotopic (exact) mass is 222 g/mol.